The predicted molar refractivity (Wildman–Crippen MR) is 107 cm³/mol. The van der Waals surface area contributed by atoms with Gasteiger partial charge in [-0.15, -0.1) is 11.3 Å². The minimum absolute atomic E-state index is 0.0241. The second-order valence-electron chi connectivity index (χ2n) is 6.53. The summed E-state index contributed by atoms with van der Waals surface area (Å²) in [6.07, 6.45) is 0.778. The Hall–Kier alpha value is -2.73. The smallest absolute Gasteiger partial charge is 0.261 e. The van der Waals surface area contributed by atoms with Gasteiger partial charge in [-0.25, -0.2) is 8.78 Å². The third-order valence-corrected chi connectivity index (χ3v) is 5.34. The van der Waals surface area contributed by atoms with Crippen molar-refractivity contribution in [3.05, 3.63) is 87.1 Å². The maximum absolute atomic E-state index is 13.6. The van der Waals surface area contributed by atoms with E-state index in [2.05, 4.69) is 5.32 Å². The van der Waals surface area contributed by atoms with Crippen LogP contribution in [0.4, 0.5) is 8.78 Å². The summed E-state index contributed by atoms with van der Waals surface area (Å²) in [6.45, 7) is 4.15. The number of ether oxygens (including phenoxy) is 1. The first-order valence-electron chi connectivity index (χ1n) is 8.99. The minimum atomic E-state index is -0.753. The topological polar surface area (TPSA) is 38.3 Å². The average Bonchev–Trinajstić information content (AvgIpc) is 3.15. The molecule has 1 aromatic heterocycles. The lowest BCUT2D eigenvalue weighted by atomic mass is 10.0. The molecule has 6 heteroatoms. The molecule has 28 heavy (non-hydrogen) atoms. The third kappa shape index (κ3) is 4.95. The molecule has 2 aromatic carbocycles. The van der Waals surface area contributed by atoms with Crippen LogP contribution in [0.3, 0.4) is 0 Å². The normalized spacial score (nSPS) is 11.9. The maximum atomic E-state index is 13.6. The van der Waals surface area contributed by atoms with Crippen LogP contribution in [0, 0.1) is 18.6 Å². The molecular weight excluding hydrogens is 380 g/mol. The molecule has 3 rings (SSSR count). The summed E-state index contributed by atoms with van der Waals surface area (Å²) in [4.78, 5) is 13.1. The van der Waals surface area contributed by atoms with Crippen molar-refractivity contribution < 1.29 is 18.3 Å². The van der Waals surface area contributed by atoms with Gasteiger partial charge in [-0.2, -0.15) is 0 Å². The van der Waals surface area contributed by atoms with Gasteiger partial charge in [-0.05, 0) is 42.5 Å². The van der Waals surface area contributed by atoms with E-state index in [1.807, 2.05) is 38.1 Å². The van der Waals surface area contributed by atoms with Crippen molar-refractivity contribution in [3.8, 4) is 5.75 Å². The highest BCUT2D eigenvalue weighted by Gasteiger charge is 2.16. The SMILES string of the molecule is CCC(NC(=O)c1cc(COc2ccc(F)cc2F)cs1)c1ccc(C)cc1. The van der Waals surface area contributed by atoms with Crippen LogP contribution >= 0.6 is 11.3 Å². The summed E-state index contributed by atoms with van der Waals surface area (Å²) in [7, 11) is 0. The van der Waals surface area contributed by atoms with Crippen LogP contribution in [0.1, 0.15) is 45.7 Å². The van der Waals surface area contributed by atoms with Gasteiger partial charge < -0.3 is 10.1 Å². The first-order valence-corrected chi connectivity index (χ1v) is 9.87. The number of halogens is 2. The van der Waals surface area contributed by atoms with Crippen molar-refractivity contribution in [1.82, 2.24) is 5.32 Å². The number of carbonyl (C=O) groups is 1. The first-order chi connectivity index (χ1) is 13.5. The van der Waals surface area contributed by atoms with Crippen LogP contribution in [0.5, 0.6) is 5.75 Å². The van der Waals surface area contributed by atoms with Gasteiger partial charge in [-0.3, -0.25) is 4.79 Å². The van der Waals surface area contributed by atoms with Gasteiger partial charge in [0.2, 0.25) is 0 Å². The second-order valence-corrected chi connectivity index (χ2v) is 7.44. The van der Waals surface area contributed by atoms with E-state index in [0.717, 1.165) is 29.7 Å². The van der Waals surface area contributed by atoms with E-state index >= 15 is 0 Å². The molecule has 0 fully saturated rings. The number of hydrogen-bond acceptors (Lipinski definition) is 3. The summed E-state index contributed by atoms with van der Waals surface area (Å²) in [6, 6.07) is 12.9. The molecule has 1 unspecified atom stereocenters. The fourth-order valence-electron chi connectivity index (χ4n) is 2.77. The molecule has 3 nitrogen and oxygen atoms in total. The lowest BCUT2D eigenvalue weighted by molar-refractivity contribution is 0.0939. The molecule has 0 saturated carbocycles. The Morgan fingerprint density at radius 2 is 1.89 bits per heavy atom. The van der Waals surface area contributed by atoms with Gasteiger partial charge in [0, 0.05) is 11.6 Å². The zero-order valence-corrected chi connectivity index (χ0v) is 16.5. The molecule has 0 saturated heterocycles. The highest BCUT2D eigenvalue weighted by atomic mass is 32.1. The molecule has 1 N–H and O–H groups in total. The Morgan fingerprint density at radius 1 is 1.14 bits per heavy atom. The molecule has 0 aliphatic rings. The number of carbonyl (C=O) groups excluding carboxylic acids is 1. The Labute approximate surface area is 167 Å². The summed E-state index contributed by atoms with van der Waals surface area (Å²) in [5.74, 6) is -1.59. The largest absolute Gasteiger partial charge is 0.486 e. The van der Waals surface area contributed by atoms with Crippen molar-refractivity contribution in [2.45, 2.75) is 32.9 Å². The molecule has 0 aliphatic heterocycles. The number of thiophene rings is 1. The Bertz CT molecular complexity index is 953. The number of benzene rings is 2. The van der Waals surface area contributed by atoms with Crippen LogP contribution in [0.2, 0.25) is 0 Å². The van der Waals surface area contributed by atoms with Crippen molar-refractivity contribution in [1.29, 1.82) is 0 Å². The van der Waals surface area contributed by atoms with Gasteiger partial charge >= 0.3 is 0 Å². The Morgan fingerprint density at radius 3 is 2.57 bits per heavy atom. The number of aryl methyl sites for hydroxylation is 1. The van der Waals surface area contributed by atoms with E-state index < -0.39 is 11.6 Å². The lowest BCUT2D eigenvalue weighted by Gasteiger charge is -2.17. The van der Waals surface area contributed by atoms with E-state index in [4.69, 9.17) is 4.74 Å². The van der Waals surface area contributed by atoms with Crippen molar-refractivity contribution in [2.75, 3.05) is 0 Å². The zero-order valence-electron chi connectivity index (χ0n) is 15.7. The summed E-state index contributed by atoms with van der Waals surface area (Å²) in [5, 5.41) is 4.85. The van der Waals surface area contributed by atoms with E-state index in [-0.39, 0.29) is 24.3 Å². The average molecular weight is 401 g/mol. The molecule has 1 heterocycles. The number of hydrogen-bond donors (Lipinski definition) is 1. The number of nitrogens with one attached hydrogen (secondary N) is 1. The van der Waals surface area contributed by atoms with E-state index in [1.54, 1.807) is 11.4 Å². The monoisotopic (exact) mass is 401 g/mol. The molecule has 1 atom stereocenters. The molecule has 1 amide bonds. The van der Waals surface area contributed by atoms with E-state index in [0.29, 0.717) is 4.88 Å². The quantitative estimate of drug-likeness (QED) is 0.544. The van der Waals surface area contributed by atoms with Crippen LogP contribution in [-0.2, 0) is 6.61 Å². The van der Waals surface area contributed by atoms with Crippen LogP contribution < -0.4 is 10.1 Å². The van der Waals surface area contributed by atoms with Crippen LogP contribution in [0.15, 0.2) is 53.9 Å². The van der Waals surface area contributed by atoms with Crippen molar-refractivity contribution in [3.63, 3.8) is 0 Å². The van der Waals surface area contributed by atoms with E-state index in [9.17, 15) is 13.6 Å². The second kappa shape index (κ2) is 8.97. The van der Waals surface area contributed by atoms with Gasteiger partial charge in [0.25, 0.3) is 5.91 Å². The fourth-order valence-corrected chi connectivity index (χ4v) is 3.57. The molecule has 3 aromatic rings. The zero-order chi connectivity index (χ0) is 20.1. The van der Waals surface area contributed by atoms with Gasteiger partial charge in [0.05, 0.1) is 10.9 Å². The van der Waals surface area contributed by atoms with Crippen LogP contribution in [-0.4, -0.2) is 5.91 Å². The molecule has 0 aliphatic carbocycles. The molecule has 146 valence electrons. The third-order valence-electron chi connectivity index (χ3n) is 4.36. The van der Waals surface area contributed by atoms with Crippen molar-refractivity contribution in [2.24, 2.45) is 0 Å². The summed E-state index contributed by atoms with van der Waals surface area (Å²) in [5.41, 5.74) is 2.99. The first kappa shape index (κ1) is 20.0. The fraction of sp³-hybridized carbons (Fsp3) is 0.227. The van der Waals surface area contributed by atoms with Crippen LogP contribution in [0.25, 0.3) is 0 Å². The van der Waals surface area contributed by atoms with Gasteiger partial charge in [0.15, 0.2) is 11.6 Å². The highest BCUT2D eigenvalue weighted by molar-refractivity contribution is 7.12. The number of rotatable bonds is 7. The highest BCUT2D eigenvalue weighted by Crippen LogP contribution is 2.23. The van der Waals surface area contributed by atoms with Gasteiger partial charge in [-0.1, -0.05) is 36.8 Å². The molecule has 0 bridgehead atoms. The Balaban J connectivity index is 1.62. The van der Waals surface area contributed by atoms with Crippen molar-refractivity contribution >= 4 is 17.2 Å². The lowest BCUT2D eigenvalue weighted by Crippen LogP contribution is -2.27. The summed E-state index contributed by atoms with van der Waals surface area (Å²) >= 11 is 1.30. The van der Waals surface area contributed by atoms with Gasteiger partial charge in [0.1, 0.15) is 12.4 Å². The summed E-state index contributed by atoms with van der Waals surface area (Å²) < 4.78 is 32.0. The standard InChI is InChI=1S/C22H21F2NO2S/c1-3-19(16-6-4-14(2)5-7-16)25-22(26)21-10-15(13-28-21)12-27-20-9-8-17(23)11-18(20)24/h4-11,13,19H,3,12H2,1-2H3,(H,25,26). The minimum Gasteiger partial charge on any atom is -0.486 e. The Kier molecular flexibility index (Phi) is 6.41. The molecular formula is C22H21F2NO2S. The molecule has 0 spiro atoms. The van der Waals surface area contributed by atoms with E-state index in [1.165, 1.54) is 23.0 Å². The predicted octanol–water partition coefficient (Wildman–Crippen LogP) is 5.79. The molecule has 0 radical (unpaired) electrons. The maximum Gasteiger partial charge on any atom is 0.261 e. The number of amides is 1.